The van der Waals surface area contributed by atoms with Crippen LogP contribution in [0.4, 0.5) is 0 Å². The number of benzene rings is 4. The number of ether oxygens (including phenoxy) is 1. The van der Waals surface area contributed by atoms with Gasteiger partial charge in [-0.05, 0) is 59.2 Å². The quantitative estimate of drug-likeness (QED) is 0.393. The Morgan fingerprint density at radius 3 is 2.23 bits per heavy atom. The molecule has 0 saturated carbocycles. The predicted octanol–water partition coefficient (Wildman–Crippen LogP) is 6.83. The highest BCUT2D eigenvalue weighted by Crippen LogP contribution is 2.48. The Hall–Kier alpha value is -3.52. The van der Waals surface area contributed by atoms with Gasteiger partial charge in [-0.3, -0.25) is 0 Å². The maximum absolute atomic E-state index is 10.7. The van der Waals surface area contributed by atoms with Crippen molar-refractivity contribution in [3.8, 4) is 11.5 Å². The molecule has 1 aliphatic rings. The second kappa shape index (κ2) is 8.69. The smallest absolute Gasteiger partial charge is 0.120 e. The van der Waals surface area contributed by atoms with E-state index in [1.54, 1.807) is 6.07 Å². The lowest BCUT2D eigenvalue weighted by atomic mass is 9.69. The van der Waals surface area contributed by atoms with Crippen molar-refractivity contribution in [3.63, 3.8) is 0 Å². The van der Waals surface area contributed by atoms with Gasteiger partial charge in [-0.25, -0.2) is 0 Å². The van der Waals surface area contributed by atoms with E-state index >= 15 is 0 Å². The molecule has 0 aromatic heterocycles. The minimum atomic E-state index is 0.121. The van der Waals surface area contributed by atoms with Gasteiger partial charge in [0.15, 0.2) is 0 Å². The van der Waals surface area contributed by atoms with Gasteiger partial charge in [0.2, 0.25) is 0 Å². The Labute approximate surface area is 183 Å². The lowest BCUT2D eigenvalue weighted by molar-refractivity contribution is 0.305. The van der Waals surface area contributed by atoms with Crippen LogP contribution in [0.5, 0.6) is 11.5 Å². The van der Waals surface area contributed by atoms with Crippen molar-refractivity contribution in [1.29, 1.82) is 0 Å². The molecule has 1 aliphatic carbocycles. The number of rotatable bonds is 5. The zero-order valence-electron chi connectivity index (χ0n) is 17.4. The summed E-state index contributed by atoms with van der Waals surface area (Å²) >= 11 is 0. The summed E-state index contributed by atoms with van der Waals surface area (Å²) in [7, 11) is 0. The molecule has 4 aromatic carbocycles. The van der Waals surface area contributed by atoms with Crippen LogP contribution in [0.15, 0.2) is 103 Å². The summed E-state index contributed by atoms with van der Waals surface area (Å²) in [5, 5.41) is 10.7. The van der Waals surface area contributed by atoms with Gasteiger partial charge in [0.05, 0.1) is 0 Å². The first-order valence-corrected chi connectivity index (χ1v) is 10.9. The Morgan fingerprint density at radius 2 is 1.45 bits per heavy atom. The van der Waals surface area contributed by atoms with Crippen molar-refractivity contribution in [3.05, 3.63) is 131 Å². The number of aromatic hydroxyl groups is 1. The standard InChI is InChI=1S/C29H26O2/c30-28-14-8-7-13-27(28)29-25(22-11-5-2-6-12-22)17-15-23-19-24(16-18-26(23)29)31-20-21-9-3-1-4-10-21/h1-14,16,18-19,25,29-30H,15,17,20H2. The van der Waals surface area contributed by atoms with E-state index < -0.39 is 0 Å². The van der Waals surface area contributed by atoms with Crippen molar-refractivity contribution in [2.45, 2.75) is 31.3 Å². The van der Waals surface area contributed by atoms with E-state index in [2.05, 4.69) is 66.7 Å². The summed E-state index contributed by atoms with van der Waals surface area (Å²) in [5.41, 5.74) is 6.08. The van der Waals surface area contributed by atoms with Crippen LogP contribution in [-0.4, -0.2) is 5.11 Å². The number of phenolic OH excluding ortho intramolecular Hbond substituents is 1. The molecule has 2 atom stereocenters. The van der Waals surface area contributed by atoms with Gasteiger partial charge in [-0.15, -0.1) is 0 Å². The molecule has 2 heteroatoms. The van der Waals surface area contributed by atoms with Crippen molar-refractivity contribution in [1.82, 2.24) is 0 Å². The van der Waals surface area contributed by atoms with E-state index in [1.165, 1.54) is 16.7 Å². The van der Waals surface area contributed by atoms with Crippen LogP contribution in [0, 0.1) is 0 Å². The number of hydrogen-bond acceptors (Lipinski definition) is 2. The topological polar surface area (TPSA) is 29.5 Å². The van der Waals surface area contributed by atoms with E-state index in [9.17, 15) is 5.11 Å². The molecule has 1 N–H and O–H groups in total. The molecule has 5 rings (SSSR count). The van der Waals surface area contributed by atoms with Crippen molar-refractivity contribution < 1.29 is 9.84 Å². The van der Waals surface area contributed by atoms with Gasteiger partial charge in [0.25, 0.3) is 0 Å². The van der Waals surface area contributed by atoms with Crippen LogP contribution in [0.2, 0.25) is 0 Å². The van der Waals surface area contributed by atoms with Crippen molar-refractivity contribution >= 4 is 0 Å². The Morgan fingerprint density at radius 1 is 0.742 bits per heavy atom. The highest BCUT2D eigenvalue weighted by molar-refractivity contribution is 5.50. The monoisotopic (exact) mass is 406 g/mol. The van der Waals surface area contributed by atoms with Gasteiger partial charge >= 0.3 is 0 Å². The fourth-order valence-electron chi connectivity index (χ4n) is 4.82. The Bertz CT molecular complexity index is 1150. The molecule has 0 fully saturated rings. The summed E-state index contributed by atoms with van der Waals surface area (Å²) in [6, 6.07) is 35.1. The second-order valence-electron chi connectivity index (χ2n) is 8.23. The summed E-state index contributed by atoms with van der Waals surface area (Å²) in [5.74, 6) is 1.72. The van der Waals surface area contributed by atoms with Crippen LogP contribution in [0.25, 0.3) is 0 Å². The first-order chi connectivity index (χ1) is 15.3. The zero-order chi connectivity index (χ0) is 21.0. The average Bonchev–Trinajstić information content (AvgIpc) is 2.83. The van der Waals surface area contributed by atoms with Crippen molar-refractivity contribution in [2.24, 2.45) is 0 Å². The van der Waals surface area contributed by atoms with Crippen LogP contribution < -0.4 is 4.74 Å². The van der Waals surface area contributed by atoms with E-state index in [0.29, 0.717) is 18.3 Å². The third-order valence-corrected chi connectivity index (χ3v) is 6.32. The van der Waals surface area contributed by atoms with Crippen LogP contribution in [0.3, 0.4) is 0 Å². The fraction of sp³-hybridized carbons (Fsp3) is 0.172. The minimum Gasteiger partial charge on any atom is -0.508 e. The third-order valence-electron chi connectivity index (χ3n) is 6.32. The SMILES string of the molecule is Oc1ccccc1C1c2ccc(OCc3ccccc3)cc2CCC1c1ccccc1. The molecule has 154 valence electrons. The van der Waals surface area contributed by atoms with Crippen LogP contribution in [0.1, 0.15) is 46.1 Å². The van der Waals surface area contributed by atoms with Crippen LogP contribution >= 0.6 is 0 Å². The first-order valence-electron chi connectivity index (χ1n) is 10.9. The first kappa shape index (κ1) is 19.4. The average molecular weight is 407 g/mol. The van der Waals surface area contributed by atoms with Gasteiger partial charge in [0.1, 0.15) is 18.1 Å². The molecule has 0 radical (unpaired) electrons. The maximum atomic E-state index is 10.7. The molecule has 2 unspecified atom stereocenters. The second-order valence-corrected chi connectivity index (χ2v) is 8.23. The summed E-state index contributed by atoms with van der Waals surface area (Å²) in [6.45, 7) is 0.565. The number of para-hydroxylation sites is 1. The lowest BCUT2D eigenvalue weighted by Gasteiger charge is -2.35. The summed E-state index contributed by atoms with van der Waals surface area (Å²) < 4.78 is 6.08. The molecule has 2 nitrogen and oxygen atoms in total. The number of fused-ring (bicyclic) bond motifs is 1. The largest absolute Gasteiger partial charge is 0.508 e. The molecular formula is C29H26O2. The predicted molar refractivity (Wildman–Crippen MR) is 125 cm³/mol. The van der Waals surface area contributed by atoms with Gasteiger partial charge in [-0.1, -0.05) is 84.9 Å². The minimum absolute atomic E-state index is 0.121. The molecule has 0 bridgehead atoms. The van der Waals surface area contributed by atoms with Gasteiger partial charge in [-0.2, -0.15) is 0 Å². The van der Waals surface area contributed by atoms with E-state index in [-0.39, 0.29) is 5.92 Å². The molecule has 0 amide bonds. The summed E-state index contributed by atoms with van der Waals surface area (Å²) in [6.07, 6.45) is 2.04. The van der Waals surface area contributed by atoms with E-state index in [4.69, 9.17) is 4.74 Å². The van der Waals surface area contributed by atoms with Gasteiger partial charge in [0, 0.05) is 11.5 Å². The normalized spacial score (nSPS) is 17.7. The number of hydrogen-bond donors (Lipinski definition) is 1. The van der Waals surface area contributed by atoms with Crippen molar-refractivity contribution in [2.75, 3.05) is 0 Å². The molecule has 0 spiro atoms. The number of aryl methyl sites for hydroxylation is 1. The van der Waals surface area contributed by atoms with Crippen LogP contribution in [-0.2, 0) is 13.0 Å². The molecule has 0 aliphatic heterocycles. The zero-order valence-corrected chi connectivity index (χ0v) is 17.4. The number of phenols is 1. The highest BCUT2D eigenvalue weighted by atomic mass is 16.5. The maximum Gasteiger partial charge on any atom is 0.120 e. The van der Waals surface area contributed by atoms with E-state index in [0.717, 1.165) is 29.7 Å². The highest BCUT2D eigenvalue weighted by Gasteiger charge is 2.33. The lowest BCUT2D eigenvalue weighted by Crippen LogP contribution is -2.20. The van der Waals surface area contributed by atoms with Gasteiger partial charge < -0.3 is 9.84 Å². The van der Waals surface area contributed by atoms with E-state index in [1.807, 2.05) is 30.3 Å². The molecule has 0 heterocycles. The Kier molecular flexibility index (Phi) is 5.45. The molecule has 4 aromatic rings. The Balaban J connectivity index is 1.50. The molecule has 31 heavy (non-hydrogen) atoms. The molecule has 0 saturated heterocycles. The third kappa shape index (κ3) is 4.06. The molecular weight excluding hydrogens is 380 g/mol. The fourth-order valence-corrected chi connectivity index (χ4v) is 4.82. The summed E-state index contributed by atoms with van der Waals surface area (Å²) in [4.78, 5) is 0.